The average molecular weight is 276 g/mol. The van der Waals surface area contributed by atoms with Crippen molar-refractivity contribution < 1.29 is 9.94 Å². The Kier molecular flexibility index (Phi) is 4.95. The Morgan fingerprint density at radius 2 is 2.20 bits per heavy atom. The maximum atomic E-state index is 8.71. The van der Waals surface area contributed by atoms with Crippen LogP contribution in [0.4, 0.5) is 0 Å². The number of ether oxygens (including phenoxy) is 1. The molecular formula is C14H20N4O2. The van der Waals surface area contributed by atoms with Gasteiger partial charge in [0.2, 0.25) is 0 Å². The zero-order valence-corrected chi connectivity index (χ0v) is 11.6. The molecule has 0 radical (unpaired) electrons. The first kappa shape index (κ1) is 14.3. The molecule has 1 aromatic heterocycles. The molecule has 6 heteroatoms. The van der Waals surface area contributed by atoms with E-state index in [1.165, 1.54) is 0 Å². The fraction of sp³-hybridized carbons (Fsp3) is 0.429. The van der Waals surface area contributed by atoms with E-state index in [2.05, 4.69) is 21.6 Å². The molecule has 20 heavy (non-hydrogen) atoms. The van der Waals surface area contributed by atoms with Crippen LogP contribution in [-0.4, -0.2) is 33.8 Å². The number of benzene rings is 1. The van der Waals surface area contributed by atoms with E-state index in [0.29, 0.717) is 19.6 Å². The van der Waals surface area contributed by atoms with Gasteiger partial charge in [-0.05, 0) is 18.6 Å². The first-order valence-electron chi connectivity index (χ1n) is 6.74. The first-order chi connectivity index (χ1) is 9.76. The van der Waals surface area contributed by atoms with Crippen LogP contribution in [0.15, 0.2) is 29.4 Å². The molecule has 108 valence electrons. The van der Waals surface area contributed by atoms with Crippen molar-refractivity contribution in [1.29, 1.82) is 0 Å². The third-order valence-electron chi connectivity index (χ3n) is 3.01. The number of hydrogen-bond acceptors (Lipinski definition) is 4. The van der Waals surface area contributed by atoms with Crippen molar-refractivity contribution in [3.63, 3.8) is 0 Å². The Bertz CT molecular complexity index is 592. The van der Waals surface area contributed by atoms with Gasteiger partial charge in [-0.1, -0.05) is 24.2 Å². The van der Waals surface area contributed by atoms with Gasteiger partial charge in [-0.25, -0.2) is 4.98 Å². The van der Waals surface area contributed by atoms with E-state index in [1.807, 2.05) is 24.3 Å². The fourth-order valence-electron chi connectivity index (χ4n) is 2.11. The Balaban J connectivity index is 2.24. The van der Waals surface area contributed by atoms with Crippen LogP contribution >= 0.6 is 0 Å². The van der Waals surface area contributed by atoms with Crippen LogP contribution in [0.5, 0.6) is 0 Å². The normalized spacial score (nSPS) is 12.2. The summed E-state index contributed by atoms with van der Waals surface area (Å²) < 4.78 is 7.59. The molecule has 0 aliphatic rings. The van der Waals surface area contributed by atoms with Gasteiger partial charge >= 0.3 is 0 Å². The van der Waals surface area contributed by atoms with E-state index in [9.17, 15) is 0 Å². The van der Waals surface area contributed by atoms with Gasteiger partial charge in [0.15, 0.2) is 0 Å². The molecule has 0 unspecified atom stereocenters. The highest BCUT2D eigenvalue weighted by Gasteiger charge is 2.11. The number of para-hydroxylation sites is 2. The highest BCUT2D eigenvalue weighted by molar-refractivity contribution is 5.83. The largest absolute Gasteiger partial charge is 0.409 e. The molecule has 0 fully saturated rings. The molecule has 0 saturated carbocycles. The molecule has 1 aromatic carbocycles. The molecule has 6 nitrogen and oxygen atoms in total. The van der Waals surface area contributed by atoms with E-state index < -0.39 is 0 Å². The monoisotopic (exact) mass is 276 g/mol. The summed E-state index contributed by atoms with van der Waals surface area (Å²) in [6, 6.07) is 7.88. The van der Waals surface area contributed by atoms with Crippen LogP contribution in [0.3, 0.4) is 0 Å². The van der Waals surface area contributed by atoms with Gasteiger partial charge in [-0.15, -0.1) is 0 Å². The standard InChI is InChI=1S/C14H20N4O2/c1-2-8-20-9-7-18-12-6-4-3-5-11(12)16-14(18)10-13(15)17-19/h3-6,19H,2,7-10H2,1H3,(H2,15,17). The van der Waals surface area contributed by atoms with Crippen molar-refractivity contribution in [3.05, 3.63) is 30.1 Å². The molecule has 0 amide bonds. The minimum atomic E-state index is 0.149. The summed E-state index contributed by atoms with van der Waals surface area (Å²) in [6.07, 6.45) is 1.32. The SMILES string of the molecule is CCCOCCn1c(C/C(N)=N/O)nc2ccccc21. The van der Waals surface area contributed by atoms with E-state index >= 15 is 0 Å². The number of nitrogens with zero attached hydrogens (tertiary/aromatic N) is 3. The summed E-state index contributed by atoms with van der Waals surface area (Å²) in [5.41, 5.74) is 7.53. The van der Waals surface area contributed by atoms with Gasteiger partial charge in [-0.2, -0.15) is 0 Å². The number of hydrogen-bond donors (Lipinski definition) is 2. The van der Waals surface area contributed by atoms with E-state index in [-0.39, 0.29) is 5.84 Å². The van der Waals surface area contributed by atoms with Crippen LogP contribution in [-0.2, 0) is 17.7 Å². The lowest BCUT2D eigenvalue weighted by Gasteiger charge is -2.09. The van der Waals surface area contributed by atoms with Crippen LogP contribution < -0.4 is 5.73 Å². The van der Waals surface area contributed by atoms with Gasteiger partial charge < -0.3 is 20.2 Å². The summed E-state index contributed by atoms with van der Waals surface area (Å²) in [4.78, 5) is 4.53. The maximum Gasteiger partial charge on any atom is 0.146 e. The van der Waals surface area contributed by atoms with Crippen molar-refractivity contribution in [3.8, 4) is 0 Å². The Labute approximate surface area is 117 Å². The topological polar surface area (TPSA) is 85.7 Å². The van der Waals surface area contributed by atoms with Crippen molar-refractivity contribution in [2.24, 2.45) is 10.9 Å². The summed E-state index contributed by atoms with van der Waals surface area (Å²) >= 11 is 0. The molecule has 2 aromatic rings. The van der Waals surface area contributed by atoms with Crippen molar-refractivity contribution in [2.45, 2.75) is 26.3 Å². The van der Waals surface area contributed by atoms with Crippen LogP contribution in [0, 0.1) is 0 Å². The van der Waals surface area contributed by atoms with E-state index in [1.54, 1.807) is 0 Å². The summed E-state index contributed by atoms with van der Waals surface area (Å²) in [5, 5.41) is 11.7. The fourth-order valence-corrected chi connectivity index (χ4v) is 2.11. The van der Waals surface area contributed by atoms with Crippen molar-refractivity contribution >= 4 is 16.9 Å². The molecule has 1 heterocycles. The smallest absolute Gasteiger partial charge is 0.146 e. The third-order valence-corrected chi connectivity index (χ3v) is 3.01. The highest BCUT2D eigenvalue weighted by Crippen LogP contribution is 2.16. The van der Waals surface area contributed by atoms with E-state index in [4.69, 9.17) is 15.7 Å². The zero-order valence-electron chi connectivity index (χ0n) is 11.6. The number of amidine groups is 1. The van der Waals surface area contributed by atoms with Gasteiger partial charge in [0.05, 0.1) is 24.1 Å². The minimum absolute atomic E-state index is 0.149. The highest BCUT2D eigenvalue weighted by atomic mass is 16.5. The van der Waals surface area contributed by atoms with Gasteiger partial charge in [0.1, 0.15) is 11.7 Å². The number of fused-ring (bicyclic) bond motifs is 1. The quantitative estimate of drug-likeness (QED) is 0.265. The lowest BCUT2D eigenvalue weighted by molar-refractivity contribution is 0.127. The second-order valence-electron chi connectivity index (χ2n) is 4.55. The van der Waals surface area contributed by atoms with Crippen LogP contribution in [0.25, 0.3) is 11.0 Å². The zero-order chi connectivity index (χ0) is 14.4. The second-order valence-corrected chi connectivity index (χ2v) is 4.55. The predicted molar refractivity (Wildman–Crippen MR) is 78.0 cm³/mol. The first-order valence-corrected chi connectivity index (χ1v) is 6.74. The number of oxime groups is 1. The van der Waals surface area contributed by atoms with Crippen molar-refractivity contribution in [1.82, 2.24) is 9.55 Å². The lowest BCUT2D eigenvalue weighted by atomic mass is 10.3. The Hall–Kier alpha value is -2.08. The molecule has 3 N–H and O–H groups in total. The lowest BCUT2D eigenvalue weighted by Crippen LogP contribution is -2.19. The van der Waals surface area contributed by atoms with Crippen molar-refractivity contribution in [2.75, 3.05) is 13.2 Å². The number of rotatable bonds is 7. The summed E-state index contributed by atoms with van der Waals surface area (Å²) in [7, 11) is 0. The molecule has 0 saturated heterocycles. The molecule has 2 rings (SSSR count). The predicted octanol–water partition coefficient (Wildman–Crippen LogP) is 1.75. The Morgan fingerprint density at radius 1 is 1.40 bits per heavy atom. The average Bonchev–Trinajstić information content (AvgIpc) is 2.81. The van der Waals surface area contributed by atoms with Gasteiger partial charge in [0, 0.05) is 13.2 Å². The molecular weight excluding hydrogens is 256 g/mol. The Morgan fingerprint density at radius 3 is 2.95 bits per heavy atom. The van der Waals surface area contributed by atoms with Gasteiger partial charge in [-0.3, -0.25) is 0 Å². The molecule has 0 bridgehead atoms. The molecule has 0 spiro atoms. The molecule has 0 aliphatic heterocycles. The second kappa shape index (κ2) is 6.91. The number of nitrogens with two attached hydrogens (primary N) is 1. The minimum Gasteiger partial charge on any atom is -0.409 e. The van der Waals surface area contributed by atoms with Crippen LogP contribution in [0.2, 0.25) is 0 Å². The third kappa shape index (κ3) is 3.27. The molecule has 0 atom stereocenters. The van der Waals surface area contributed by atoms with Gasteiger partial charge in [0.25, 0.3) is 0 Å². The number of aromatic nitrogens is 2. The summed E-state index contributed by atoms with van der Waals surface area (Å²) in [6.45, 7) is 4.16. The molecule has 0 aliphatic carbocycles. The summed E-state index contributed by atoms with van der Waals surface area (Å²) in [5.74, 6) is 0.928. The van der Waals surface area contributed by atoms with Crippen LogP contribution in [0.1, 0.15) is 19.2 Å². The number of imidazole rings is 1. The maximum absolute atomic E-state index is 8.71. The van der Waals surface area contributed by atoms with E-state index in [0.717, 1.165) is 29.9 Å².